The molecule has 0 saturated carbocycles. The molecule has 0 unspecified atom stereocenters. The number of hydrogen-bond donors (Lipinski definition) is 5. The van der Waals surface area contributed by atoms with Gasteiger partial charge in [0.25, 0.3) is 0 Å². The molecule has 0 saturated heterocycles. The Morgan fingerprint density at radius 2 is 1.69 bits per heavy atom. The van der Waals surface area contributed by atoms with Crippen LogP contribution in [0.1, 0.15) is 0 Å². The number of carbonyl (C=O) groups is 1. The van der Waals surface area contributed by atoms with E-state index in [0.29, 0.717) is 0 Å². The highest BCUT2D eigenvalue weighted by Gasteiger charge is 2.06. The number of rotatable bonds is 2. The summed E-state index contributed by atoms with van der Waals surface area (Å²) in [5.41, 5.74) is 4.94. The first-order valence-electron chi connectivity index (χ1n) is 2.47. The first-order valence-corrected chi connectivity index (χ1v) is 4.50. The Balaban J connectivity index is -0.000000150. The van der Waals surface area contributed by atoms with Crippen molar-refractivity contribution in [1.29, 1.82) is 0 Å². The predicted octanol–water partition coefficient (Wildman–Crippen LogP) is -0.903. The van der Waals surface area contributed by atoms with Gasteiger partial charge in [0.05, 0.1) is 0 Å². The molecule has 7 nitrogen and oxygen atoms in total. The van der Waals surface area contributed by atoms with Crippen LogP contribution in [0.3, 0.4) is 0 Å². The maximum Gasteiger partial charge on any atom is 0.394 e. The zero-order valence-electron chi connectivity index (χ0n) is 6.19. The van der Waals surface area contributed by atoms with Crippen LogP contribution in [0.4, 0.5) is 0 Å². The van der Waals surface area contributed by atoms with Crippen molar-refractivity contribution in [3.8, 4) is 0 Å². The summed E-state index contributed by atoms with van der Waals surface area (Å²) in [5.74, 6) is -0.815. The van der Waals surface area contributed by atoms with E-state index in [2.05, 4.69) is 12.6 Å². The zero-order chi connectivity index (χ0) is 10.4. The second-order valence-corrected chi connectivity index (χ2v) is 2.84. The van der Waals surface area contributed by atoms with Gasteiger partial charge < -0.3 is 10.8 Å². The minimum Gasteiger partial charge on any atom is -0.480 e. The summed E-state index contributed by atoms with van der Waals surface area (Å²) < 4.78 is 31.6. The monoisotopic (exact) mass is 255 g/mol. The van der Waals surface area contributed by atoms with E-state index in [1.807, 2.05) is 0 Å². The van der Waals surface area contributed by atoms with Crippen LogP contribution < -0.4 is 5.73 Å². The minimum absolute atomic E-state index is 0. The van der Waals surface area contributed by atoms with Gasteiger partial charge in [0, 0.05) is 5.75 Å². The molecule has 0 aromatic rings. The Labute approximate surface area is 86.7 Å². The van der Waals surface area contributed by atoms with Crippen molar-refractivity contribution < 1.29 is 27.4 Å². The number of thiol groups is 1. The van der Waals surface area contributed by atoms with E-state index in [9.17, 15) is 4.79 Å². The largest absolute Gasteiger partial charge is 0.480 e. The third kappa shape index (κ3) is 33.4. The van der Waals surface area contributed by atoms with Gasteiger partial charge in [-0.15, -0.1) is 12.4 Å². The third-order valence-corrected chi connectivity index (χ3v) is 0.907. The molecule has 0 aromatic heterocycles. The number of carboxylic acids is 1. The van der Waals surface area contributed by atoms with Crippen molar-refractivity contribution in [1.82, 2.24) is 0 Å². The lowest BCUT2D eigenvalue weighted by atomic mass is 10.4. The van der Waals surface area contributed by atoms with Crippen molar-refractivity contribution in [3.63, 3.8) is 0 Å². The van der Waals surface area contributed by atoms with Gasteiger partial charge in [0.15, 0.2) is 0 Å². The van der Waals surface area contributed by atoms with Gasteiger partial charge in [-0.3, -0.25) is 13.9 Å². The van der Waals surface area contributed by atoms with Crippen molar-refractivity contribution in [3.05, 3.63) is 0 Å². The second kappa shape index (κ2) is 8.53. The van der Waals surface area contributed by atoms with Gasteiger partial charge in [-0.1, -0.05) is 0 Å². The van der Waals surface area contributed by atoms with E-state index in [1.54, 1.807) is 0 Å². The molecular formula is C3H10ClNO6S2. The van der Waals surface area contributed by atoms with Crippen LogP contribution in [0.2, 0.25) is 0 Å². The topological polar surface area (TPSA) is 138 Å². The number of aliphatic carboxylic acids is 1. The lowest BCUT2D eigenvalue weighted by Crippen LogP contribution is -2.31. The number of halogens is 1. The van der Waals surface area contributed by atoms with E-state index in [1.165, 1.54) is 0 Å². The summed E-state index contributed by atoms with van der Waals surface area (Å²) >= 11 is 3.65. The molecule has 0 radical (unpaired) electrons. The predicted molar refractivity (Wildman–Crippen MR) is 50.9 cm³/mol. The molecule has 0 aliphatic heterocycles. The Bertz CT molecular complexity index is 220. The van der Waals surface area contributed by atoms with Crippen LogP contribution in [0, 0.1) is 0 Å². The molecule has 0 fully saturated rings. The number of carboxylic acid groups (broad SMARTS) is 1. The quantitative estimate of drug-likeness (QED) is 0.318. The Morgan fingerprint density at radius 1 is 1.46 bits per heavy atom. The summed E-state index contributed by atoms with van der Waals surface area (Å²) in [5, 5.41) is 8.01. The van der Waals surface area contributed by atoms with Gasteiger partial charge in [-0.2, -0.15) is 21.0 Å². The first kappa shape index (κ1) is 18.7. The van der Waals surface area contributed by atoms with Gasteiger partial charge in [0.2, 0.25) is 0 Å². The molecule has 5 N–H and O–H groups in total. The van der Waals surface area contributed by atoms with Gasteiger partial charge in [0.1, 0.15) is 6.04 Å². The van der Waals surface area contributed by atoms with Crippen LogP contribution in [0.25, 0.3) is 0 Å². The summed E-state index contributed by atoms with van der Waals surface area (Å²) in [6, 6.07) is -0.816. The molecule has 1 atom stereocenters. The van der Waals surface area contributed by atoms with Crippen molar-refractivity contribution in [2.24, 2.45) is 5.73 Å². The molecule has 0 aliphatic carbocycles. The minimum atomic E-state index is -4.67. The lowest BCUT2D eigenvalue weighted by molar-refractivity contribution is -0.137. The van der Waals surface area contributed by atoms with E-state index >= 15 is 0 Å². The van der Waals surface area contributed by atoms with Gasteiger partial charge in [-0.25, -0.2) is 0 Å². The molecule has 0 spiro atoms. The van der Waals surface area contributed by atoms with Crippen LogP contribution in [0.15, 0.2) is 0 Å². The molecule has 13 heavy (non-hydrogen) atoms. The average Bonchev–Trinajstić information content (AvgIpc) is 1.82. The summed E-state index contributed by atoms with van der Waals surface area (Å²) in [6.45, 7) is 0. The van der Waals surface area contributed by atoms with Crippen molar-refractivity contribution >= 4 is 41.4 Å². The first-order chi connectivity index (χ1) is 5.18. The summed E-state index contributed by atoms with van der Waals surface area (Å²) in [4.78, 5) is 9.76. The van der Waals surface area contributed by atoms with E-state index in [4.69, 9.17) is 28.4 Å². The Kier molecular flexibility index (Phi) is 12.3. The summed E-state index contributed by atoms with van der Waals surface area (Å²) in [7, 11) is -4.67. The lowest BCUT2D eigenvalue weighted by Gasteiger charge is -1.96. The molecular weight excluding hydrogens is 246 g/mol. The Hall–Kier alpha value is -0.0600. The molecule has 0 rings (SSSR count). The highest BCUT2D eigenvalue weighted by Crippen LogP contribution is 1.80. The average molecular weight is 256 g/mol. The van der Waals surface area contributed by atoms with Crippen molar-refractivity contribution in [2.75, 3.05) is 5.75 Å². The van der Waals surface area contributed by atoms with Crippen LogP contribution in [-0.2, 0) is 15.2 Å². The van der Waals surface area contributed by atoms with Crippen molar-refractivity contribution in [2.45, 2.75) is 6.04 Å². The van der Waals surface area contributed by atoms with E-state index in [-0.39, 0.29) is 18.2 Å². The second-order valence-electron chi connectivity index (χ2n) is 1.58. The Morgan fingerprint density at radius 3 is 1.69 bits per heavy atom. The van der Waals surface area contributed by atoms with Crippen LogP contribution >= 0.6 is 25.0 Å². The standard InChI is InChI=1S/C3H7NO2S.ClH.H2O4S/c4-2(1-7)3(5)6;;1-5(2,3)4/h2,7H,1,4H2,(H,5,6);1H;(H2,1,2,3,4)/t2-;;/m0../s1. The highest BCUT2D eigenvalue weighted by molar-refractivity contribution is 7.80. The fourth-order valence-electron chi connectivity index (χ4n) is 0.0781. The normalized spacial score (nSPS) is 11.7. The maximum absolute atomic E-state index is 9.76. The van der Waals surface area contributed by atoms with Gasteiger partial charge in [-0.05, 0) is 0 Å². The SMILES string of the molecule is Cl.N[C@@H](CS)C(=O)O.O=S(=O)(O)O. The summed E-state index contributed by atoms with van der Waals surface area (Å²) in [6.07, 6.45) is 0. The number of nitrogens with two attached hydrogens (primary N) is 1. The van der Waals surface area contributed by atoms with Crippen LogP contribution in [-0.4, -0.2) is 40.4 Å². The zero-order valence-corrected chi connectivity index (χ0v) is 8.72. The van der Waals surface area contributed by atoms with E-state index in [0.717, 1.165) is 0 Å². The molecule has 0 aromatic carbocycles. The molecule has 0 heterocycles. The van der Waals surface area contributed by atoms with Crippen LogP contribution in [0.5, 0.6) is 0 Å². The molecule has 82 valence electrons. The molecule has 0 amide bonds. The molecule has 0 bridgehead atoms. The molecule has 0 aliphatic rings. The number of hydrogen-bond acceptors (Lipinski definition) is 5. The smallest absolute Gasteiger partial charge is 0.394 e. The fraction of sp³-hybridized carbons (Fsp3) is 0.667. The fourth-order valence-corrected chi connectivity index (χ4v) is 0.234. The maximum atomic E-state index is 9.76. The molecule has 10 heteroatoms. The van der Waals surface area contributed by atoms with Gasteiger partial charge >= 0.3 is 16.4 Å². The highest BCUT2D eigenvalue weighted by atomic mass is 35.5. The van der Waals surface area contributed by atoms with E-state index < -0.39 is 22.4 Å². The third-order valence-electron chi connectivity index (χ3n) is 0.514.